The molecule has 2 N–H and O–H groups in total. The van der Waals surface area contributed by atoms with Gasteiger partial charge in [0.05, 0.1) is 0 Å². The van der Waals surface area contributed by atoms with Gasteiger partial charge in [-0.25, -0.2) is 0 Å². The Kier molecular flexibility index (Phi) is 21.4. The molecular weight excluding hydrogens is 600 g/mol. The molecule has 6 rings (SSSR count). The smallest absolute Gasteiger partial charge is 0.158 e. The van der Waals surface area contributed by atoms with Crippen molar-refractivity contribution in [2.45, 2.75) is 131 Å². The van der Waals surface area contributed by atoms with E-state index in [4.69, 9.17) is 10.2 Å². The maximum atomic E-state index is 10.8. The number of benzene rings is 2. The molecule has 2 aromatic carbocycles. The van der Waals surface area contributed by atoms with Gasteiger partial charge in [-0.05, 0) is 126 Å². The Bertz CT molecular complexity index is 1310. The molecule has 264 valence electrons. The van der Waals surface area contributed by atoms with Gasteiger partial charge >= 0.3 is 0 Å². The monoisotopic (exact) mass is 660 g/mol. The van der Waals surface area contributed by atoms with Crippen LogP contribution in [0.1, 0.15) is 129 Å². The van der Waals surface area contributed by atoms with E-state index in [0.717, 1.165) is 93.7 Å². The SMILES string of the molecule is CC1=CC(=O)CCC1.CC1=CCCCC1=O.CC1CCCC(=O)C1.CC1CCCCC1=O.Cc1cccc(O)c1.Cc1ccccc1O. The van der Waals surface area contributed by atoms with Crippen molar-refractivity contribution in [3.8, 4) is 11.5 Å². The first-order valence-electron chi connectivity index (χ1n) is 17.7. The lowest BCUT2D eigenvalue weighted by Crippen LogP contribution is -2.14. The Balaban J connectivity index is 0.000000288. The van der Waals surface area contributed by atoms with Crippen LogP contribution >= 0.6 is 0 Å². The molecule has 0 spiro atoms. The van der Waals surface area contributed by atoms with Crippen molar-refractivity contribution in [2.75, 3.05) is 0 Å². The summed E-state index contributed by atoms with van der Waals surface area (Å²) in [7, 11) is 0. The highest BCUT2D eigenvalue weighted by molar-refractivity contribution is 5.95. The van der Waals surface area contributed by atoms with Gasteiger partial charge in [-0.3, -0.25) is 19.2 Å². The number of rotatable bonds is 0. The molecule has 4 aliphatic carbocycles. The molecular formula is C42H60O6. The summed E-state index contributed by atoms with van der Waals surface area (Å²) in [6, 6.07) is 14.4. The van der Waals surface area contributed by atoms with Gasteiger partial charge in [-0.15, -0.1) is 0 Å². The summed E-state index contributed by atoms with van der Waals surface area (Å²) in [6.07, 6.45) is 18.0. The molecule has 0 amide bonds. The molecule has 2 atom stereocenters. The summed E-state index contributed by atoms with van der Waals surface area (Å²) in [4.78, 5) is 42.8. The fourth-order valence-corrected chi connectivity index (χ4v) is 5.44. The number of carbonyl (C=O) groups excluding carboxylic acids is 4. The van der Waals surface area contributed by atoms with Crippen molar-refractivity contribution < 1.29 is 29.4 Å². The average molecular weight is 661 g/mol. The molecule has 4 aliphatic rings. The third-order valence-corrected chi connectivity index (χ3v) is 8.61. The number of phenolic OH excluding ortho intramolecular Hbond substituents is 2. The molecule has 0 bridgehead atoms. The fraction of sp³-hybridized carbons (Fsp3) is 0.524. The Labute approximate surface area is 289 Å². The lowest BCUT2D eigenvalue weighted by molar-refractivity contribution is -0.124. The lowest BCUT2D eigenvalue weighted by atomic mass is 9.90. The standard InChI is InChI=1S/C7H12O.C7H10O.C7H8O.C7H12O.C7H10O.C7H8O/c3*1-6-3-2-4-7(8)5-6;3*1-6-4-2-3-5-7(6)8/h6H,2-5H2,1H3;5H,2-4H2,1H3;2-5,8H,1H3;6H,2-5H2,1H3;4H,2-3,5H2,1H3;2-5,8H,1H3. The first-order chi connectivity index (χ1) is 22.8. The Morgan fingerprint density at radius 1 is 0.688 bits per heavy atom. The van der Waals surface area contributed by atoms with E-state index in [-0.39, 0.29) is 0 Å². The minimum Gasteiger partial charge on any atom is -0.508 e. The number of phenols is 2. The van der Waals surface area contributed by atoms with Crippen molar-refractivity contribution in [3.63, 3.8) is 0 Å². The number of allylic oxidation sites excluding steroid dienone is 4. The topological polar surface area (TPSA) is 109 Å². The van der Waals surface area contributed by atoms with Gasteiger partial charge < -0.3 is 10.2 Å². The molecule has 2 fully saturated rings. The van der Waals surface area contributed by atoms with Gasteiger partial charge in [0, 0.05) is 38.0 Å². The van der Waals surface area contributed by atoms with E-state index in [2.05, 4.69) is 6.92 Å². The Hall–Kier alpha value is -3.80. The van der Waals surface area contributed by atoms with Gasteiger partial charge in [0.1, 0.15) is 23.1 Å². The van der Waals surface area contributed by atoms with E-state index in [9.17, 15) is 19.2 Å². The number of ketones is 4. The molecule has 48 heavy (non-hydrogen) atoms. The third kappa shape index (κ3) is 20.4. The van der Waals surface area contributed by atoms with Crippen LogP contribution in [-0.2, 0) is 19.2 Å². The summed E-state index contributed by atoms with van der Waals surface area (Å²) in [5.74, 6) is 3.29. The van der Waals surface area contributed by atoms with Gasteiger partial charge in [0.2, 0.25) is 0 Å². The number of carbonyl (C=O) groups is 4. The van der Waals surface area contributed by atoms with Crippen molar-refractivity contribution in [1.82, 2.24) is 0 Å². The number of aryl methyl sites for hydroxylation is 2. The first kappa shape index (κ1) is 42.2. The third-order valence-electron chi connectivity index (χ3n) is 8.61. The van der Waals surface area contributed by atoms with Crippen molar-refractivity contribution in [3.05, 3.63) is 83.0 Å². The maximum absolute atomic E-state index is 10.8. The zero-order chi connectivity index (χ0) is 35.9. The van der Waals surface area contributed by atoms with Crippen LogP contribution in [0.4, 0.5) is 0 Å². The molecule has 0 aliphatic heterocycles. The number of Topliss-reactive ketones (excluding diaryl/α,β-unsaturated/α-hetero) is 3. The molecule has 2 aromatic rings. The van der Waals surface area contributed by atoms with E-state index in [0.29, 0.717) is 46.5 Å². The summed E-state index contributed by atoms with van der Waals surface area (Å²) >= 11 is 0. The molecule has 2 unspecified atom stereocenters. The highest BCUT2D eigenvalue weighted by Gasteiger charge is 2.16. The second-order valence-corrected chi connectivity index (χ2v) is 13.5. The molecule has 2 saturated carbocycles. The van der Waals surface area contributed by atoms with Crippen molar-refractivity contribution in [1.29, 1.82) is 0 Å². The van der Waals surface area contributed by atoms with Gasteiger partial charge in [-0.2, -0.15) is 0 Å². The van der Waals surface area contributed by atoms with Crippen LogP contribution in [0.5, 0.6) is 11.5 Å². The van der Waals surface area contributed by atoms with Crippen LogP contribution in [0, 0.1) is 25.7 Å². The van der Waals surface area contributed by atoms with Gasteiger partial charge in [0.25, 0.3) is 0 Å². The van der Waals surface area contributed by atoms with Crippen molar-refractivity contribution in [2.24, 2.45) is 11.8 Å². The van der Waals surface area contributed by atoms with Crippen LogP contribution in [0.25, 0.3) is 0 Å². The second kappa shape index (κ2) is 24.4. The molecule has 0 saturated heterocycles. The van der Waals surface area contributed by atoms with Crippen LogP contribution in [-0.4, -0.2) is 33.3 Å². The number of hydrogen-bond acceptors (Lipinski definition) is 6. The average Bonchev–Trinajstić information content (AvgIpc) is 3.03. The zero-order valence-corrected chi connectivity index (χ0v) is 30.4. The minimum atomic E-state index is 0.300. The minimum absolute atomic E-state index is 0.300. The van der Waals surface area contributed by atoms with E-state index in [1.165, 1.54) is 18.4 Å². The summed E-state index contributed by atoms with van der Waals surface area (Å²) in [5, 5.41) is 17.7. The predicted molar refractivity (Wildman–Crippen MR) is 196 cm³/mol. The lowest BCUT2D eigenvalue weighted by Gasteiger charge is -2.14. The van der Waals surface area contributed by atoms with Gasteiger partial charge in [0.15, 0.2) is 11.6 Å². The normalized spacial score (nSPS) is 20.1. The summed E-state index contributed by atoms with van der Waals surface area (Å²) in [6.45, 7) is 11.9. The Morgan fingerprint density at radius 3 is 1.79 bits per heavy atom. The second-order valence-electron chi connectivity index (χ2n) is 13.5. The first-order valence-corrected chi connectivity index (χ1v) is 17.7. The quantitative estimate of drug-likeness (QED) is 0.291. The molecule has 0 radical (unpaired) electrons. The van der Waals surface area contributed by atoms with Crippen LogP contribution in [0.2, 0.25) is 0 Å². The predicted octanol–water partition coefficient (Wildman–Crippen LogP) is 10.3. The molecule has 6 heteroatoms. The highest BCUT2D eigenvalue weighted by atomic mass is 16.3. The summed E-state index contributed by atoms with van der Waals surface area (Å²) in [5.41, 5.74) is 4.20. The van der Waals surface area contributed by atoms with E-state index in [1.807, 2.05) is 71.0 Å². The summed E-state index contributed by atoms with van der Waals surface area (Å²) < 4.78 is 0. The largest absolute Gasteiger partial charge is 0.508 e. The molecule has 6 nitrogen and oxygen atoms in total. The van der Waals surface area contributed by atoms with Crippen LogP contribution < -0.4 is 0 Å². The highest BCUT2D eigenvalue weighted by Crippen LogP contribution is 2.20. The van der Waals surface area contributed by atoms with Crippen molar-refractivity contribution >= 4 is 23.1 Å². The number of aromatic hydroxyl groups is 2. The Morgan fingerprint density at radius 2 is 1.42 bits per heavy atom. The van der Waals surface area contributed by atoms with E-state index < -0.39 is 0 Å². The molecule has 0 aromatic heterocycles. The van der Waals surface area contributed by atoms with E-state index in [1.54, 1.807) is 24.3 Å². The maximum Gasteiger partial charge on any atom is 0.158 e. The fourth-order valence-electron chi connectivity index (χ4n) is 5.44. The number of hydrogen-bond donors (Lipinski definition) is 2. The van der Waals surface area contributed by atoms with Crippen LogP contribution in [0.3, 0.4) is 0 Å². The van der Waals surface area contributed by atoms with Crippen LogP contribution in [0.15, 0.2) is 71.8 Å². The zero-order valence-electron chi connectivity index (χ0n) is 30.4. The number of para-hydroxylation sites is 1. The molecule has 0 heterocycles. The van der Waals surface area contributed by atoms with Gasteiger partial charge in [-0.1, -0.05) is 62.2 Å². The van der Waals surface area contributed by atoms with E-state index >= 15 is 0 Å².